The molecule has 3 heteroatoms. The van der Waals surface area contributed by atoms with Crippen molar-refractivity contribution in [1.29, 1.82) is 0 Å². The van der Waals surface area contributed by atoms with Gasteiger partial charge in [-0.1, -0.05) is 6.92 Å². The van der Waals surface area contributed by atoms with Gasteiger partial charge in [0.25, 0.3) is 0 Å². The topological polar surface area (TPSA) is 28.2 Å². The number of nitrogens with zero attached hydrogens (tertiary/aromatic N) is 2. The molecule has 0 saturated carbocycles. The Bertz CT molecular complexity index is 435. The molecule has 2 aliphatic heterocycles. The Kier molecular flexibility index (Phi) is 3.02. The van der Waals surface area contributed by atoms with Crippen LogP contribution in [0.1, 0.15) is 31.2 Å². The second-order valence-corrected chi connectivity index (χ2v) is 5.91. The summed E-state index contributed by atoms with van der Waals surface area (Å²) in [6.45, 7) is 9.10. The van der Waals surface area contributed by atoms with Crippen LogP contribution in [0.3, 0.4) is 0 Å². The molecular weight excluding hydrogens is 222 g/mol. The highest BCUT2D eigenvalue weighted by Crippen LogP contribution is 2.38. The summed E-state index contributed by atoms with van der Waals surface area (Å²) >= 11 is 0. The van der Waals surface area contributed by atoms with E-state index in [4.69, 9.17) is 0 Å². The van der Waals surface area contributed by atoms with Gasteiger partial charge >= 0.3 is 0 Å². The van der Waals surface area contributed by atoms with Crippen molar-refractivity contribution in [2.24, 2.45) is 5.41 Å². The third-order valence-corrected chi connectivity index (χ3v) is 4.49. The predicted octanol–water partition coefficient (Wildman–Crippen LogP) is 2.14. The van der Waals surface area contributed by atoms with E-state index in [2.05, 4.69) is 41.2 Å². The highest BCUT2D eigenvalue weighted by molar-refractivity contribution is 5.50. The molecular formula is C15H23N3. The first-order valence-corrected chi connectivity index (χ1v) is 7.14. The zero-order chi connectivity index (χ0) is 12.6. The van der Waals surface area contributed by atoms with Gasteiger partial charge in [-0.3, -0.25) is 4.98 Å². The summed E-state index contributed by atoms with van der Waals surface area (Å²) in [4.78, 5) is 7.13. The molecule has 3 rings (SSSR count). The number of rotatable bonds is 2. The minimum absolute atomic E-state index is 0.545. The van der Waals surface area contributed by atoms with Crippen LogP contribution in [0.4, 0.5) is 5.69 Å². The first-order chi connectivity index (χ1) is 8.71. The van der Waals surface area contributed by atoms with Crippen molar-refractivity contribution < 1.29 is 0 Å². The standard InChI is InChI=1S/C15H23N3/c1-3-13-9-14(8-12(2)17-13)18-7-5-15(11-18)4-6-16-10-15/h8-9,16H,3-7,10-11H2,1-2H3. The van der Waals surface area contributed by atoms with Gasteiger partial charge in [0.15, 0.2) is 0 Å². The van der Waals surface area contributed by atoms with Gasteiger partial charge in [0.1, 0.15) is 0 Å². The van der Waals surface area contributed by atoms with Crippen molar-refractivity contribution in [3.63, 3.8) is 0 Å². The maximum absolute atomic E-state index is 4.57. The summed E-state index contributed by atoms with van der Waals surface area (Å²) in [5, 5.41) is 3.52. The van der Waals surface area contributed by atoms with Crippen LogP contribution in [-0.4, -0.2) is 31.2 Å². The monoisotopic (exact) mass is 245 g/mol. The summed E-state index contributed by atoms with van der Waals surface area (Å²) < 4.78 is 0. The highest BCUT2D eigenvalue weighted by atomic mass is 15.2. The second kappa shape index (κ2) is 4.54. The maximum atomic E-state index is 4.57. The molecule has 0 aliphatic carbocycles. The van der Waals surface area contributed by atoms with E-state index in [1.807, 2.05) is 0 Å². The van der Waals surface area contributed by atoms with Crippen LogP contribution in [0.2, 0.25) is 0 Å². The molecule has 18 heavy (non-hydrogen) atoms. The Morgan fingerprint density at radius 1 is 1.39 bits per heavy atom. The number of nitrogens with one attached hydrogen (secondary N) is 1. The first kappa shape index (κ1) is 12.0. The van der Waals surface area contributed by atoms with E-state index < -0.39 is 0 Å². The molecule has 1 aromatic heterocycles. The molecule has 0 radical (unpaired) electrons. The normalized spacial score (nSPS) is 27.3. The van der Waals surface area contributed by atoms with Crippen LogP contribution >= 0.6 is 0 Å². The molecule has 1 spiro atoms. The number of aryl methyl sites for hydroxylation is 2. The van der Waals surface area contributed by atoms with Crippen molar-refractivity contribution >= 4 is 5.69 Å². The van der Waals surface area contributed by atoms with E-state index in [9.17, 15) is 0 Å². The Morgan fingerprint density at radius 2 is 2.28 bits per heavy atom. The molecule has 2 fully saturated rings. The molecule has 3 heterocycles. The van der Waals surface area contributed by atoms with E-state index in [1.54, 1.807) is 0 Å². The fourth-order valence-electron chi connectivity index (χ4n) is 3.38. The van der Waals surface area contributed by atoms with Crippen LogP contribution in [0.15, 0.2) is 12.1 Å². The average molecular weight is 245 g/mol. The van der Waals surface area contributed by atoms with Gasteiger partial charge in [-0.25, -0.2) is 0 Å². The zero-order valence-corrected chi connectivity index (χ0v) is 11.5. The third-order valence-electron chi connectivity index (χ3n) is 4.49. The molecule has 0 amide bonds. The van der Waals surface area contributed by atoms with Crippen LogP contribution in [0.5, 0.6) is 0 Å². The molecule has 0 aromatic carbocycles. The van der Waals surface area contributed by atoms with Gasteiger partial charge in [-0.05, 0) is 44.9 Å². The van der Waals surface area contributed by atoms with Crippen LogP contribution in [0, 0.1) is 12.3 Å². The lowest BCUT2D eigenvalue weighted by atomic mass is 9.86. The van der Waals surface area contributed by atoms with E-state index in [0.29, 0.717) is 5.41 Å². The Hall–Kier alpha value is -1.09. The molecule has 2 saturated heterocycles. The second-order valence-electron chi connectivity index (χ2n) is 5.91. The summed E-state index contributed by atoms with van der Waals surface area (Å²) in [6, 6.07) is 4.51. The summed E-state index contributed by atoms with van der Waals surface area (Å²) in [5.41, 5.74) is 4.29. The van der Waals surface area contributed by atoms with Gasteiger partial charge in [-0.15, -0.1) is 0 Å². The van der Waals surface area contributed by atoms with Crippen molar-refractivity contribution in [3.05, 3.63) is 23.5 Å². The minimum Gasteiger partial charge on any atom is -0.371 e. The quantitative estimate of drug-likeness (QED) is 0.865. The number of aromatic nitrogens is 1. The fraction of sp³-hybridized carbons (Fsp3) is 0.667. The Morgan fingerprint density at radius 3 is 3.00 bits per heavy atom. The van der Waals surface area contributed by atoms with Crippen LogP contribution < -0.4 is 10.2 Å². The average Bonchev–Trinajstić information content (AvgIpc) is 3.00. The van der Waals surface area contributed by atoms with Gasteiger partial charge in [0.2, 0.25) is 0 Å². The van der Waals surface area contributed by atoms with E-state index in [-0.39, 0.29) is 0 Å². The molecule has 1 N–H and O–H groups in total. The van der Waals surface area contributed by atoms with E-state index >= 15 is 0 Å². The third kappa shape index (κ3) is 2.12. The molecule has 1 atom stereocenters. The largest absolute Gasteiger partial charge is 0.371 e. The van der Waals surface area contributed by atoms with Gasteiger partial charge in [0, 0.05) is 42.1 Å². The van der Waals surface area contributed by atoms with E-state index in [0.717, 1.165) is 12.1 Å². The number of pyridine rings is 1. The van der Waals surface area contributed by atoms with Crippen molar-refractivity contribution in [3.8, 4) is 0 Å². The summed E-state index contributed by atoms with van der Waals surface area (Å²) in [5.74, 6) is 0. The smallest absolute Gasteiger partial charge is 0.0424 e. The van der Waals surface area contributed by atoms with Crippen molar-refractivity contribution in [1.82, 2.24) is 10.3 Å². The lowest BCUT2D eigenvalue weighted by Crippen LogP contribution is -2.29. The fourth-order valence-corrected chi connectivity index (χ4v) is 3.38. The summed E-state index contributed by atoms with van der Waals surface area (Å²) in [6.07, 6.45) is 3.70. The van der Waals surface area contributed by atoms with Crippen LogP contribution in [-0.2, 0) is 6.42 Å². The van der Waals surface area contributed by atoms with Crippen molar-refractivity contribution in [2.45, 2.75) is 33.1 Å². The van der Waals surface area contributed by atoms with Gasteiger partial charge in [-0.2, -0.15) is 0 Å². The SMILES string of the molecule is CCc1cc(N2CCC3(CCNC3)C2)cc(C)n1. The van der Waals surface area contributed by atoms with Crippen molar-refractivity contribution in [2.75, 3.05) is 31.1 Å². The number of anilines is 1. The molecule has 1 aromatic rings. The molecule has 3 nitrogen and oxygen atoms in total. The lowest BCUT2D eigenvalue weighted by Gasteiger charge is -2.24. The predicted molar refractivity (Wildman–Crippen MR) is 75.1 cm³/mol. The van der Waals surface area contributed by atoms with Crippen LogP contribution in [0.25, 0.3) is 0 Å². The van der Waals surface area contributed by atoms with Gasteiger partial charge < -0.3 is 10.2 Å². The Balaban J connectivity index is 1.81. The maximum Gasteiger partial charge on any atom is 0.0424 e. The van der Waals surface area contributed by atoms with Gasteiger partial charge in [0.05, 0.1) is 0 Å². The summed E-state index contributed by atoms with van der Waals surface area (Å²) in [7, 11) is 0. The van der Waals surface area contributed by atoms with E-state index in [1.165, 1.54) is 50.4 Å². The number of hydrogen-bond acceptors (Lipinski definition) is 3. The highest BCUT2D eigenvalue weighted by Gasteiger charge is 2.40. The molecule has 0 bridgehead atoms. The zero-order valence-electron chi connectivity index (χ0n) is 11.5. The lowest BCUT2D eigenvalue weighted by molar-refractivity contribution is 0.369. The first-order valence-electron chi connectivity index (χ1n) is 7.14. The molecule has 98 valence electrons. The Labute approximate surface area is 110 Å². The molecule has 1 unspecified atom stereocenters. The number of hydrogen-bond donors (Lipinski definition) is 1. The minimum atomic E-state index is 0.545. The molecule has 2 aliphatic rings.